The smallest absolute Gasteiger partial charge is 0.206 e. The Morgan fingerprint density at radius 1 is 1.21 bits per heavy atom. The third kappa shape index (κ3) is 3.38. The van der Waals surface area contributed by atoms with Crippen LogP contribution in [0.2, 0.25) is 0 Å². The molecule has 0 radical (unpaired) electrons. The maximum absolute atomic E-state index is 11.1. The summed E-state index contributed by atoms with van der Waals surface area (Å²) in [6.07, 6.45) is 6.49. The van der Waals surface area contributed by atoms with E-state index in [1.807, 2.05) is 36.1 Å². The van der Waals surface area contributed by atoms with E-state index in [1.54, 1.807) is 18.6 Å². The molecule has 1 fully saturated rings. The van der Waals surface area contributed by atoms with Crippen molar-refractivity contribution in [3.05, 3.63) is 60.7 Å². The van der Waals surface area contributed by atoms with Gasteiger partial charge in [0.05, 0.1) is 29.3 Å². The number of aliphatic hydroxyl groups is 1. The monoisotopic (exact) mass is 388 g/mol. The van der Waals surface area contributed by atoms with Crippen LogP contribution in [0.15, 0.2) is 55.0 Å². The Balaban J connectivity index is 1.55. The van der Waals surface area contributed by atoms with Crippen molar-refractivity contribution >= 4 is 17.2 Å². The molecular weight excluding hydrogens is 364 g/mol. The summed E-state index contributed by atoms with van der Waals surface area (Å²) in [6, 6.07) is 12.1. The molecule has 2 aliphatic rings. The van der Waals surface area contributed by atoms with Crippen LogP contribution < -0.4 is 15.1 Å². The topological polar surface area (TPSA) is 77.4 Å². The highest BCUT2D eigenvalue weighted by atomic mass is 16.3. The van der Waals surface area contributed by atoms with Crippen LogP contribution in [0.4, 0.5) is 17.2 Å². The van der Waals surface area contributed by atoms with E-state index in [9.17, 15) is 5.11 Å². The molecule has 7 nitrogen and oxygen atoms in total. The first kappa shape index (κ1) is 17.9. The molecule has 3 aromatic rings. The van der Waals surface area contributed by atoms with Crippen molar-refractivity contribution in [2.75, 3.05) is 28.2 Å². The first-order chi connectivity index (χ1) is 14.2. The van der Waals surface area contributed by atoms with Crippen LogP contribution in [0.1, 0.15) is 18.5 Å². The average molecular weight is 388 g/mol. The van der Waals surface area contributed by atoms with Gasteiger partial charge < -0.3 is 20.2 Å². The lowest BCUT2D eigenvalue weighted by Gasteiger charge is -2.48. The number of aromatic nitrogens is 3. The number of pyridine rings is 3. The van der Waals surface area contributed by atoms with Crippen LogP contribution >= 0.6 is 0 Å². The second-order valence-corrected chi connectivity index (χ2v) is 7.63. The fourth-order valence-corrected chi connectivity index (χ4v) is 4.30. The number of aryl methyl sites for hydroxylation is 1. The highest BCUT2D eigenvalue weighted by Crippen LogP contribution is 2.40. The molecule has 0 aliphatic carbocycles. The zero-order valence-electron chi connectivity index (χ0n) is 16.4. The van der Waals surface area contributed by atoms with Gasteiger partial charge in [0.2, 0.25) is 6.35 Å². The second kappa shape index (κ2) is 7.33. The van der Waals surface area contributed by atoms with Crippen molar-refractivity contribution in [1.82, 2.24) is 15.0 Å². The molecule has 2 atom stereocenters. The van der Waals surface area contributed by atoms with Gasteiger partial charge in [0.15, 0.2) is 5.82 Å². The summed E-state index contributed by atoms with van der Waals surface area (Å²) in [6.45, 7) is 3.90. The number of hydrogen-bond acceptors (Lipinski definition) is 7. The van der Waals surface area contributed by atoms with Gasteiger partial charge >= 0.3 is 0 Å². The summed E-state index contributed by atoms with van der Waals surface area (Å²) in [7, 11) is 0. The van der Waals surface area contributed by atoms with Crippen molar-refractivity contribution in [3.8, 4) is 11.3 Å². The van der Waals surface area contributed by atoms with Gasteiger partial charge in [-0.05, 0) is 56.2 Å². The Morgan fingerprint density at radius 3 is 2.97 bits per heavy atom. The minimum atomic E-state index is -0.884. The number of rotatable bonds is 4. The lowest BCUT2D eigenvalue weighted by molar-refractivity contribution is 0.177. The van der Waals surface area contributed by atoms with Gasteiger partial charge in [0, 0.05) is 36.7 Å². The normalized spacial score (nSPS) is 18.9. The van der Waals surface area contributed by atoms with Gasteiger partial charge in [-0.25, -0.2) is 4.98 Å². The summed E-state index contributed by atoms with van der Waals surface area (Å²) >= 11 is 0. The van der Waals surface area contributed by atoms with Crippen molar-refractivity contribution in [3.63, 3.8) is 0 Å². The SMILES string of the molecule is Cc1cc(-c2ccc3c(n2)N(C(O)Nc2cccnc2)[C@H]2CCCN3C2)ccn1. The fraction of sp³-hybridized carbons (Fsp3) is 0.318. The molecule has 148 valence electrons. The van der Waals surface area contributed by atoms with Crippen LogP contribution in [0.25, 0.3) is 11.3 Å². The number of nitrogens with one attached hydrogen (secondary N) is 1. The largest absolute Gasteiger partial charge is 0.366 e. The standard InChI is InChI=1S/C22H24N6O/c1-15-12-16(8-10-24-15)19-6-7-20-21(26-19)28(18-5-3-11-27(20)14-18)22(29)25-17-4-2-9-23-13-17/h2,4,6-10,12-13,18,22,25,29H,3,5,11,14H2,1H3/t18-,22?/m0/s1. The molecule has 3 aromatic heterocycles. The molecule has 0 amide bonds. The van der Waals surface area contributed by atoms with Crippen molar-refractivity contribution < 1.29 is 5.11 Å². The lowest BCUT2D eigenvalue weighted by Crippen LogP contribution is -2.58. The maximum Gasteiger partial charge on any atom is 0.206 e. The molecule has 29 heavy (non-hydrogen) atoms. The molecule has 0 spiro atoms. The first-order valence-electron chi connectivity index (χ1n) is 10.0. The number of nitrogens with zero attached hydrogens (tertiary/aromatic N) is 5. The molecule has 5 rings (SSSR count). The van der Waals surface area contributed by atoms with Crippen LogP contribution in [-0.4, -0.2) is 45.5 Å². The van der Waals surface area contributed by atoms with Gasteiger partial charge in [0.25, 0.3) is 0 Å². The Morgan fingerprint density at radius 2 is 2.14 bits per heavy atom. The number of piperidine rings is 1. The predicted octanol–water partition coefficient (Wildman–Crippen LogP) is 3.02. The quantitative estimate of drug-likeness (QED) is 0.665. The summed E-state index contributed by atoms with van der Waals surface area (Å²) in [5, 5.41) is 14.3. The number of fused-ring (bicyclic) bond motifs is 4. The Kier molecular flexibility index (Phi) is 4.52. The van der Waals surface area contributed by atoms with Gasteiger partial charge in [-0.1, -0.05) is 0 Å². The van der Waals surface area contributed by atoms with E-state index in [-0.39, 0.29) is 6.04 Å². The fourth-order valence-electron chi connectivity index (χ4n) is 4.30. The Hall–Kier alpha value is -3.19. The van der Waals surface area contributed by atoms with Gasteiger partial charge in [0.1, 0.15) is 0 Å². The summed E-state index contributed by atoms with van der Waals surface area (Å²) < 4.78 is 0. The zero-order valence-corrected chi connectivity index (χ0v) is 16.4. The molecule has 5 heterocycles. The maximum atomic E-state index is 11.1. The Bertz CT molecular complexity index is 1010. The molecule has 2 aliphatic heterocycles. The second-order valence-electron chi connectivity index (χ2n) is 7.63. The number of aliphatic hydroxyl groups excluding tert-OH is 1. The van der Waals surface area contributed by atoms with E-state index >= 15 is 0 Å². The van der Waals surface area contributed by atoms with Gasteiger partial charge in [-0.15, -0.1) is 0 Å². The molecule has 0 saturated carbocycles. The zero-order chi connectivity index (χ0) is 19.8. The van der Waals surface area contributed by atoms with Crippen molar-refractivity contribution in [2.24, 2.45) is 0 Å². The molecule has 2 N–H and O–H groups in total. The van der Waals surface area contributed by atoms with Crippen molar-refractivity contribution in [1.29, 1.82) is 0 Å². The lowest BCUT2D eigenvalue weighted by atomic mass is 9.99. The van der Waals surface area contributed by atoms with E-state index in [2.05, 4.69) is 32.3 Å². The first-order valence-corrected chi connectivity index (χ1v) is 10.0. The summed E-state index contributed by atoms with van der Waals surface area (Å²) in [5.74, 6) is 0.816. The average Bonchev–Trinajstić information content (AvgIpc) is 2.74. The molecule has 1 unspecified atom stereocenters. The Labute approximate surface area is 170 Å². The van der Waals surface area contributed by atoms with E-state index in [0.29, 0.717) is 0 Å². The third-order valence-electron chi connectivity index (χ3n) is 5.64. The van der Waals surface area contributed by atoms with E-state index in [1.165, 1.54) is 0 Å². The van der Waals surface area contributed by atoms with Gasteiger partial charge in [-0.3, -0.25) is 9.97 Å². The molecular formula is C22H24N6O. The highest BCUT2D eigenvalue weighted by Gasteiger charge is 2.38. The third-order valence-corrected chi connectivity index (χ3v) is 5.64. The minimum Gasteiger partial charge on any atom is -0.366 e. The highest BCUT2D eigenvalue weighted by molar-refractivity contribution is 5.75. The predicted molar refractivity (Wildman–Crippen MR) is 114 cm³/mol. The number of hydrogen-bond donors (Lipinski definition) is 2. The molecule has 0 aromatic carbocycles. The van der Waals surface area contributed by atoms with Crippen molar-refractivity contribution in [2.45, 2.75) is 32.2 Å². The van der Waals surface area contributed by atoms with Crippen LogP contribution in [0, 0.1) is 6.92 Å². The van der Waals surface area contributed by atoms with E-state index in [0.717, 1.165) is 60.1 Å². The number of anilines is 3. The molecule has 2 bridgehead atoms. The van der Waals surface area contributed by atoms with E-state index in [4.69, 9.17) is 4.98 Å². The van der Waals surface area contributed by atoms with Crippen LogP contribution in [-0.2, 0) is 0 Å². The summed E-state index contributed by atoms with van der Waals surface area (Å²) in [5.41, 5.74) is 4.72. The van der Waals surface area contributed by atoms with Crippen LogP contribution in [0.5, 0.6) is 0 Å². The van der Waals surface area contributed by atoms with E-state index < -0.39 is 6.35 Å². The molecule has 7 heteroatoms. The van der Waals surface area contributed by atoms with Gasteiger partial charge in [-0.2, -0.15) is 0 Å². The molecule has 1 saturated heterocycles. The van der Waals surface area contributed by atoms with Crippen LogP contribution in [0.3, 0.4) is 0 Å². The summed E-state index contributed by atoms with van der Waals surface area (Å²) in [4.78, 5) is 17.8. The minimum absolute atomic E-state index is 0.206.